The van der Waals surface area contributed by atoms with Crippen molar-refractivity contribution < 1.29 is 18.3 Å². The molecule has 0 N–H and O–H groups in total. The summed E-state index contributed by atoms with van der Waals surface area (Å²) in [5.41, 5.74) is 4.30. The number of benzene rings is 3. The predicted molar refractivity (Wildman–Crippen MR) is 139 cm³/mol. The van der Waals surface area contributed by atoms with Crippen molar-refractivity contribution in [1.82, 2.24) is 0 Å². The van der Waals surface area contributed by atoms with Crippen LogP contribution < -0.4 is 4.74 Å². The maximum Gasteiger partial charge on any atom is 0.201 e. The molecule has 2 unspecified atom stereocenters. The number of halogens is 2. The first-order chi connectivity index (χ1) is 17.1. The lowest BCUT2D eigenvalue weighted by atomic mass is 9.89. The molecule has 1 aliphatic heterocycles. The third kappa shape index (κ3) is 6.18. The molecule has 184 valence electrons. The van der Waals surface area contributed by atoms with Gasteiger partial charge in [0.2, 0.25) is 5.82 Å². The Bertz CT molecular complexity index is 1110. The lowest BCUT2D eigenvalue weighted by Crippen LogP contribution is -2.24. The molecule has 0 amide bonds. The van der Waals surface area contributed by atoms with Crippen molar-refractivity contribution in [2.45, 2.75) is 58.0 Å². The van der Waals surface area contributed by atoms with Gasteiger partial charge in [-0.05, 0) is 73.4 Å². The second-order valence-corrected chi connectivity index (χ2v) is 9.16. The normalized spacial score (nSPS) is 18.2. The van der Waals surface area contributed by atoms with E-state index < -0.39 is 11.6 Å². The van der Waals surface area contributed by atoms with E-state index in [1.165, 1.54) is 11.6 Å². The van der Waals surface area contributed by atoms with E-state index in [1.54, 1.807) is 6.07 Å². The summed E-state index contributed by atoms with van der Waals surface area (Å²) in [6.45, 7) is 5.11. The summed E-state index contributed by atoms with van der Waals surface area (Å²) >= 11 is 0. The molecule has 0 radical (unpaired) electrons. The van der Waals surface area contributed by atoms with E-state index in [2.05, 4.69) is 43.3 Å². The average Bonchev–Trinajstić information content (AvgIpc) is 2.90. The van der Waals surface area contributed by atoms with Gasteiger partial charge in [-0.3, -0.25) is 0 Å². The first-order valence-corrected chi connectivity index (χ1v) is 12.6. The molecular formula is C31H34F2O2. The minimum atomic E-state index is -0.938. The molecule has 1 fully saturated rings. The van der Waals surface area contributed by atoms with Crippen molar-refractivity contribution in [3.63, 3.8) is 0 Å². The fourth-order valence-corrected chi connectivity index (χ4v) is 4.61. The van der Waals surface area contributed by atoms with E-state index in [-0.39, 0.29) is 11.3 Å². The van der Waals surface area contributed by atoms with Gasteiger partial charge >= 0.3 is 0 Å². The Morgan fingerprint density at radius 3 is 2.20 bits per heavy atom. The zero-order chi connectivity index (χ0) is 24.6. The van der Waals surface area contributed by atoms with E-state index in [9.17, 15) is 8.78 Å². The molecule has 3 aromatic rings. The second-order valence-electron chi connectivity index (χ2n) is 9.16. The zero-order valence-electron chi connectivity index (χ0n) is 20.6. The topological polar surface area (TPSA) is 18.5 Å². The Hall–Kier alpha value is -2.98. The number of ether oxygens (including phenoxy) is 2. The van der Waals surface area contributed by atoms with Crippen molar-refractivity contribution in [3.05, 3.63) is 90.0 Å². The molecule has 1 aliphatic rings. The highest BCUT2D eigenvalue weighted by molar-refractivity contribution is 5.71. The Kier molecular flexibility index (Phi) is 8.70. The quantitative estimate of drug-likeness (QED) is 0.288. The van der Waals surface area contributed by atoms with E-state index in [4.69, 9.17) is 9.47 Å². The van der Waals surface area contributed by atoms with E-state index in [0.717, 1.165) is 49.8 Å². The lowest BCUT2D eigenvalue weighted by molar-refractivity contribution is -0.000184. The van der Waals surface area contributed by atoms with Gasteiger partial charge in [0, 0.05) is 11.5 Å². The van der Waals surface area contributed by atoms with Crippen LogP contribution in [0.1, 0.15) is 57.4 Å². The molecule has 0 saturated carbocycles. The fraction of sp³-hybridized carbons (Fsp3) is 0.355. The second kappa shape index (κ2) is 12.1. The van der Waals surface area contributed by atoms with Crippen LogP contribution in [0.25, 0.3) is 22.3 Å². The highest BCUT2D eigenvalue weighted by Crippen LogP contribution is 2.33. The fourth-order valence-electron chi connectivity index (χ4n) is 4.61. The van der Waals surface area contributed by atoms with E-state index in [1.807, 2.05) is 31.2 Å². The molecule has 1 heterocycles. The summed E-state index contributed by atoms with van der Waals surface area (Å²) in [7, 11) is 0. The standard InChI is InChI=1S/C31H34F2O2/c1-3-5-6-7-27-17-16-26(21-35-27)24-10-8-22(9-11-24)23-12-14-25(15-13-23)28-18-19-29(34-20-4-2)31(33)30(28)32/h3,5,8-15,18-19,26-27H,4,6-7,16-17,20-21H2,1-2H3. The Morgan fingerprint density at radius 2 is 1.57 bits per heavy atom. The maximum atomic E-state index is 14.7. The number of hydrogen-bond acceptors (Lipinski definition) is 2. The summed E-state index contributed by atoms with van der Waals surface area (Å²) in [4.78, 5) is 0. The van der Waals surface area contributed by atoms with Crippen LogP contribution in [0.3, 0.4) is 0 Å². The summed E-state index contributed by atoms with van der Waals surface area (Å²) in [5, 5.41) is 0. The van der Waals surface area contributed by atoms with Gasteiger partial charge in [-0.1, -0.05) is 67.6 Å². The van der Waals surface area contributed by atoms with Crippen LogP contribution in [0.15, 0.2) is 72.8 Å². The highest BCUT2D eigenvalue weighted by atomic mass is 19.2. The Labute approximate surface area is 207 Å². The Balaban J connectivity index is 1.40. The molecule has 35 heavy (non-hydrogen) atoms. The van der Waals surface area contributed by atoms with Gasteiger partial charge in [0.15, 0.2) is 11.6 Å². The van der Waals surface area contributed by atoms with Crippen LogP contribution in [0.5, 0.6) is 5.75 Å². The van der Waals surface area contributed by atoms with Crippen LogP contribution in [0, 0.1) is 11.6 Å². The number of hydrogen-bond donors (Lipinski definition) is 0. The zero-order valence-corrected chi connectivity index (χ0v) is 20.6. The van der Waals surface area contributed by atoms with Gasteiger partial charge in [0.1, 0.15) is 0 Å². The van der Waals surface area contributed by atoms with Crippen LogP contribution in [0.2, 0.25) is 0 Å². The number of rotatable bonds is 9. The average molecular weight is 477 g/mol. The highest BCUT2D eigenvalue weighted by Gasteiger charge is 2.22. The van der Waals surface area contributed by atoms with E-state index >= 15 is 0 Å². The first-order valence-electron chi connectivity index (χ1n) is 12.6. The van der Waals surface area contributed by atoms with Crippen molar-refractivity contribution in [1.29, 1.82) is 0 Å². The van der Waals surface area contributed by atoms with Crippen molar-refractivity contribution in [2.75, 3.05) is 13.2 Å². The summed E-state index contributed by atoms with van der Waals surface area (Å²) in [6, 6.07) is 19.2. The molecule has 1 saturated heterocycles. The van der Waals surface area contributed by atoms with Crippen molar-refractivity contribution >= 4 is 0 Å². The molecule has 0 spiro atoms. The van der Waals surface area contributed by atoms with Crippen LogP contribution in [-0.2, 0) is 4.74 Å². The van der Waals surface area contributed by atoms with Crippen LogP contribution in [0.4, 0.5) is 8.78 Å². The smallest absolute Gasteiger partial charge is 0.201 e. The SMILES string of the molecule is CC=CCCC1CCC(c2ccc(-c3ccc(-c4ccc(OCCC)c(F)c4F)cc3)cc2)CO1. The minimum absolute atomic E-state index is 0.0441. The molecule has 0 aromatic heterocycles. The third-order valence-electron chi connectivity index (χ3n) is 6.68. The van der Waals surface area contributed by atoms with Crippen molar-refractivity contribution in [3.8, 4) is 28.0 Å². The predicted octanol–water partition coefficient (Wildman–Crippen LogP) is 8.71. The first kappa shape index (κ1) is 25.1. The molecule has 2 nitrogen and oxygen atoms in total. The van der Waals surface area contributed by atoms with Crippen LogP contribution in [-0.4, -0.2) is 19.3 Å². The third-order valence-corrected chi connectivity index (χ3v) is 6.68. The molecule has 0 aliphatic carbocycles. The Morgan fingerprint density at radius 1 is 0.886 bits per heavy atom. The number of allylic oxidation sites excluding steroid dienone is 2. The molecule has 4 heteroatoms. The molecule has 2 atom stereocenters. The van der Waals surface area contributed by atoms with Crippen molar-refractivity contribution in [2.24, 2.45) is 0 Å². The van der Waals surface area contributed by atoms with Gasteiger partial charge in [-0.2, -0.15) is 4.39 Å². The van der Waals surface area contributed by atoms with E-state index in [0.29, 0.717) is 24.2 Å². The van der Waals surface area contributed by atoms with Gasteiger partial charge in [0.05, 0.1) is 19.3 Å². The van der Waals surface area contributed by atoms with Crippen LogP contribution >= 0.6 is 0 Å². The summed E-state index contributed by atoms with van der Waals surface area (Å²) < 4.78 is 40.4. The summed E-state index contributed by atoms with van der Waals surface area (Å²) in [5.74, 6) is -1.43. The molecule has 0 bridgehead atoms. The largest absolute Gasteiger partial charge is 0.490 e. The molecular weight excluding hydrogens is 442 g/mol. The minimum Gasteiger partial charge on any atom is -0.490 e. The maximum absolute atomic E-state index is 14.7. The summed E-state index contributed by atoms with van der Waals surface area (Å²) in [6.07, 6.45) is 9.84. The molecule has 3 aromatic carbocycles. The van der Waals surface area contributed by atoms with Gasteiger partial charge in [-0.25, -0.2) is 4.39 Å². The van der Waals surface area contributed by atoms with Gasteiger partial charge in [-0.15, -0.1) is 0 Å². The van der Waals surface area contributed by atoms with Gasteiger partial charge < -0.3 is 9.47 Å². The van der Waals surface area contributed by atoms with Gasteiger partial charge in [0.25, 0.3) is 0 Å². The molecule has 4 rings (SSSR count). The lowest BCUT2D eigenvalue weighted by Gasteiger charge is -2.29. The monoisotopic (exact) mass is 476 g/mol.